The molecule has 1 aliphatic heterocycles. The number of nitrogens with one attached hydrogen (secondary N) is 1. The van der Waals surface area contributed by atoms with Crippen molar-refractivity contribution in [2.24, 2.45) is 33.7 Å². The Hall–Kier alpha value is -2.18. The van der Waals surface area contributed by atoms with E-state index in [0.717, 1.165) is 69.6 Å². The molecule has 1 saturated heterocycles. The molecule has 1 heterocycles. The summed E-state index contributed by atoms with van der Waals surface area (Å²) in [7, 11) is 0. The highest BCUT2D eigenvalue weighted by Crippen LogP contribution is 2.65. The van der Waals surface area contributed by atoms with Gasteiger partial charge in [0.2, 0.25) is 0 Å². The fraction of sp³-hybridized carbons (Fsp3) is 0.722. The lowest BCUT2D eigenvalue weighted by Gasteiger charge is -2.57. The first kappa shape index (κ1) is 29.9. The van der Waals surface area contributed by atoms with Gasteiger partial charge in [0.15, 0.2) is 6.61 Å². The molecular formula is C36H52N2O4. The molecule has 0 aromatic heterocycles. The second kappa shape index (κ2) is 11.4. The number of amides is 1. The fourth-order valence-corrected chi connectivity index (χ4v) is 10.2. The van der Waals surface area contributed by atoms with E-state index >= 15 is 0 Å². The van der Waals surface area contributed by atoms with Crippen molar-refractivity contribution >= 4 is 11.6 Å². The molecule has 0 unspecified atom stereocenters. The van der Waals surface area contributed by atoms with Crippen molar-refractivity contribution in [2.45, 2.75) is 115 Å². The van der Waals surface area contributed by atoms with Crippen LogP contribution in [0.5, 0.6) is 0 Å². The lowest BCUT2D eigenvalue weighted by molar-refractivity contribution is -0.125. The maximum Gasteiger partial charge on any atom is 0.260 e. The number of aliphatic hydroxyl groups excluding tert-OH is 1. The Balaban J connectivity index is 1.02. The van der Waals surface area contributed by atoms with Gasteiger partial charge >= 0.3 is 0 Å². The minimum atomic E-state index is -0.183. The van der Waals surface area contributed by atoms with Crippen LogP contribution in [0, 0.1) is 28.6 Å². The molecule has 5 aliphatic rings. The van der Waals surface area contributed by atoms with Gasteiger partial charge in [0.05, 0.1) is 17.4 Å². The molecule has 230 valence electrons. The molecule has 1 aromatic rings. The van der Waals surface area contributed by atoms with Crippen molar-refractivity contribution in [3.8, 4) is 0 Å². The topological polar surface area (TPSA) is 80.2 Å². The summed E-state index contributed by atoms with van der Waals surface area (Å²) in [5, 5.41) is 18.3. The third-order valence-corrected chi connectivity index (χ3v) is 12.5. The summed E-state index contributed by atoms with van der Waals surface area (Å²) in [5.74, 6) is 1.98. The molecule has 2 N–H and O–H groups in total. The summed E-state index contributed by atoms with van der Waals surface area (Å²) in [6, 6.07) is 10.7. The van der Waals surface area contributed by atoms with Gasteiger partial charge in [0, 0.05) is 18.6 Å². The molecular weight excluding hydrogens is 524 g/mol. The van der Waals surface area contributed by atoms with E-state index < -0.39 is 0 Å². The SMILES string of the molecule is CC1(C)C[C@](CCNC(=O)CO/N=C2\C=C3CC[C@H]4[C@@H](CC[C@]5(C)[C@@H](O)CC[C@@H]45)[C@@]3(C)CC2)(c2ccccc2)CCO1. The maximum absolute atomic E-state index is 12.7. The van der Waals surface area contributed by atoms with Crippen LogP contribution in [0.15, 0.2) is 47.1 Å². The van der Waals surface area contributed by atoms with Crippen molar-refractivity contribution < 1.29 is 19.5 Å². The third-order valence-electron chi connectivity index (χ3n) is 12.5. The van der Waals surface area contributed by atoms with E-state index in [2.05, 4.69) is 74.6 Å². The maximum atomic E-state index is 12.7. The number of allylic oxidation sites excluding steroid dienone is 2. The molecule has 0 radical (unpaired) electrons. The summed E-state index contributed by atoms with van der Waals surface area (Å²) in [6.45, 7) is 10.4. The molecule has 6 heteroatoms. The third kappa shape index (κ3) is 5.47. The number of rotatable bonds is 7. The summed E-state index contributed by atoms with van der Waals surface area (Å²) >= 11 is 0. The average molecular weight is 577 g/mol. The number of carbonyl (C=O) groups is 1. The van der Waals surface area contributed by atoms with Gasteiger partial charge in [0.25, 0.3) is 5.91 Å². The normalized spacial score (nSPS) is 39.9. The fourth-order valence-electron chi connectivity index (χ4n) is 10.2. The number of benzene rings is 1. The molecule has 1 amide bonds. The second-order valence-electron chi connectivity index (χ2n) is 15.3. The zero-order valence-corrected chi connectivity index (χ0v) is 26.3. The van der Waals surface area contributed by atoms with Crippen LogP contribution >= 0.6 is 0 Å². The predicted molar refractivity (Wildman–Crippen MR) is 166 cm³/mol. The quantitative estimate of drug-likeness (QED) is 0.353. The van der Waals surface area contributed by atoms with Crippen molar-refractivity contribution in [3.05, 3.63) is 47.5 Å². The number of carbonyl (C=O) groups excluding carboxylic acids is 1. The second-order valence-corrected chi connectivity index (χ2v) is 15.3. The smallest absolute Gasteiger partial charge is 0.260 e. The Morgan fingerprint density at radius 3 is 2.62 bits per heavy atom. The molecule has 7 atom stereocenters. The molecule has 0 bridgehead atoms. The van der Waals surface area contributed by atoms with Crippen LogP contribution in [0.4, 0.5) is 0 Å². The first-order valence-electron chi connectivity index (χ1n) is 16.6. The standard InChI is InChI=1S/C36H52N2O4/c1-33(2)24-36(19-21-41-33,25-8-6-5-7-9-25)18-20-37-32(40)23-42-38-27-14-16-34(3)26(22-27)10-11-28-29-12-13-31(39)35(29,4)17-15-30(28)34/h5-9,22,28-31,39H,10-21,23-24H2,1-4H3,(H,37,40)/b38-27-/t28-,29+,30-,31+,34+,35+,36-/m1/s1. The van der Waals surface area contributed by atoms with Crippen LogP contribution in [-0.2, 0) is 19.8 Å². The molecule has 4 fully saturated rings. The van der Waals surface area contributed by atoms with Crippen molar-refractivity contribution in [2.75, 3.05) is 19.8 Å². The van der Waals surface area contributed by atoms with Crippen LogP contribution in [0.25, 0.3) is 0 Å². The zero-order valence-electron chi connectivity index (χ0n) is 26.3. The van der Waals surface area contributed by atoms with E-state index in [-0.39, 0.29) is 40.5 Å². The Kier molecular flexibility index (Phi) is 8.10. The lowest BCUT2D eigenvalue weighted by atomic mass is 9.47. The summed E-state index contributed by atoms with van der Waals surface area (Å²) < 4.78 is 6.03. The van der Waals surface area contributed by atoms with Gasteiger partial charge in [-0.15, -0.1) is 0 Å². The highest BCUT2D eigenvalue weighted by Gasteiger charge is 2.58. The monoisotopic (exact) mass is 576 g/mol. The van der Waals surface area contributed by atoms with E-state index in [1.54, 1.807) is 0 Å². The number of ether oxygens (including phenoxy) is 1. The summed E-state index contributed by atoms with van der Waals surface area (Å²) in [4.78, 5) is 18.3. The molecule has 42 heavy (non-hydrogen) atoms. The minimum absolute atomic E-state index is 0.00810. The van der Waals surface area contributed by atoms with Crippen molar-refractivity contribution in [1.82, 2.24) is 5.32 Å². The van der Waals surface area contributed by atoms with Gasteiger partial charge in [-0.3, -0.25) is 4.79 Å². The van der Waals surface area contributed by atoms with Gasteiger partial charge in [-0.25, -0.2) is 0 Å². The van der Waals surface area contributed by atoms with Crippen LogP contribution in [-0.4, -0.2) is 48.2 Å². The van der Waals surface area contributed by atoms with Gasteiger partial charge in [0.1, 0.15) is 0 Å². The molecule has 6 nitrogen and oxygen atoms in total. The Morgan fingerprint density at radius 1 is 1.02 bits per heavy atom. The number of fused-ring (bicyclic) bond motifs is 5. The van der Waals surface area contributed by atoms with E-state index in [1.807, 2.05) is 0 Å². The van der Waals surface area contributed by atoms with Crippen LogP contribution in [0.1, 0.15) is 104 Å². The van der Waals surface area contributed by atoms with Crippen molar-refractivity contribution in [1.29, 1.82) is 0 Å². The van der Waals surface area contributed by atoms with E-state index in [4.69, 9.17) is 9.57 Å². The van der Waals surface area contributed by atoms with Crippen LogP contribution in [0.3, 0.4) is 0 Å². The molecule has 0 spiro atoms. The van der Waals surface area contributed by atoms with E-state index in [1.165, 1.54) is 30.4 Å². The van der Waals surface area contributed by atoms with Crippen LogP contribution in [0.2, 0.25) is 0 Å². The highest BCUT2D eigenvalue weighted by atomic mass is 16.6. The first-order chi connectivity index (χ1) is 20.0. The van der Waals surface area contributed by atoms with Gasteiger partial charge < -0.3 is 20.0 Å². The number of hydrogen-bond donors (Lipinski definition) is 2. The van der Waals surface area contributed by atoms with Crippen LogP contribution < -0.4 is 5.32 Å². The van der Waals surface area contributed by atoms with Gasteiger partial charge in [-0.05, 0) is 125 Å². The number of hydrogen-bond acceptors (Lipinski definition) is 5. The van der Waals surface area contributed by atoms with E-state index in [0.29, 0.717) is 18.4 Å². The van der Waals surface area contributed by atoms with Gasteiger partial charge in [-0.1, -0.05) is 54.9 Å². The molecule has 1 aromatic carbocycles. The molecule has 3 saturated carbocycles. The number of aliphatic hydroxyl groups is 1. The first-order valence-corrected chi connectivity index (χ1v) is 16.6. The summed E-state index contributed by atoms with van der Waals surface area (Å²) in [6.07, 6.45) is 13.8. The number of oxime groups is 1. The average Bonchev–Trinajstić information content (AvgIpc) is 3.27. The Bertz CT molecular complexity index is 1210. The largest absolute Gasteiger partial charge is 0.393 e. The number of nitrogens with zero attached hydrogens (tertiary/aromatic N) is 1. The van der Waals surface area contributed by atoms with Gasteiger partial charge in [-0.2, -0.15) is 0 Å². The zero-order chi connectivity index (χ0) is 29.6. The molecule has 6 rings (SSSR count). The predicted octanol–water partition coefficient (Wildman–Crippen LogP) is 6.72. The van der Waals surface area contributed by atoms with E-state index in [9.17, 15) is 9.90 Å². The minimum Gasteiger partial charge on any atom is -0.393 e. The molecule has 4 aliphatic carbocycles. The lowest BCUT2D eigenvalue weighted by Crippen LogP contribution is -2.51. The highest BCUT2D eigenvalue weighted by molar-refractivity contribution is 5.96. The van der Waals surface area contributed by atoms with Crippen molar-refractivity contribution in [3.63, 3.8) is 0 Å². The Morgan fingerprint density at radius 2 is 1.83 bits per heavy atom. The summed E-state index contributed by atoms with van der Waals surface area (Å²) in [5.41, 5.74) is 3.98. The Labute approximate surface area is 252 Å².